The molecule has 1 amide bonds. The molecule has 0 fully saturated rings. The molecule has 0 saturated carbocycles. The molecule has 0 bridgehead atoms. The number of nitrogens with zero attached hydrogens (tertiary/aromatic N) is 2. The van der Waals surface area contributed by atoms with Crippen molar-refractivity contribution >= 4 is 49.0 Å². The van der Waals surface area contributed by atoms with Gasteiger partial charge in [-0.2, -0.15) is 0 Å². The topological polar surface area (TPSA) is 127 Å². The summed E-state index contributed by atoms with van der Waals surface area (Å²) in [6, 6.07) is 15.7. The second-order valence-corrected chi connectivity index (χ2v) is 9.13. The largest absolute Gasteiger partial charge is 0.369 e. The molecule has 0 spiro atoms. The van der Waals surface area contributed by atoms with Crippen LogP contribution in [0.2, 0.25) is 0 Å². The van der Waals surface area contributed by atoms with Crippen molar-refractivity contribution in [2.24, 2.45) is 5.14 Å². The zero-order valence-electron chi connectivity index (χ0n) is 16.3. The molecule has 0 unspecified atom stereocenters. The lowest BCUT2D eigenvalue weighted by Crippen LogP contribution is -2.17. The molecule has 0 atom stereocenters. The number of nitrogens with one attached hydrogen (secondary N) is 2. The van der Waals surface area contributed by atoms with Gasteiger partial charge in [-0.1, -0.05) is 30.3 Å². The number of hydrogen-bond acceptors (Lipinski definition) is 7. The number of fused-ring (bicyclic) bond motifs is 1. The number of hydrogen-bond donors (Lipinski definition) is 3. The maximum Gasteiger partial charge on any atom is 0.238 e. The minimum absolute atomic E-state index is 0.00933. The Morgan fingerprint density at radius 1 is 1.03 bits per heavy atom. The van der Waals surface area contributed by atoms with Crippen LogP contribution >= 0.6 is 11.3 Å². The van der Waals surface area contributed by atoms with Crippen molar-refractivity contribution in [2.45, 2.75) is 11.3 Å². The summed E-state index contributed by atoms with van der Waals surface area (Å²) >= 11 is 1.55. The van der Waals surface area contributed by atoms with Crippen LogP contribution in [0.1, 0.15) is 6.42 Å². The monoisotopic (exact) mass is 453 g/mol. The van der Waals surface area contributed by atoms with Crippen LogP contribution < -0.4 is 15.8 Å². The van der Waals surface area contributed by atoms with Crippen molar-refractivity contribution in [1.82, 2.24) is 9.97 Å². The molecule has 0 aliphatic carbocycles. The van der Waals surface area contributed by atoms with Gasteiger partial charge in [-0.25, -0.2) is 23.5 Å². The number of carbonyl (C=O) groups is 1. The molecule has 2 aromatic heterocycles. The second-order valence-electron chi connectivity index (χ2n) is 6.71. The first-order chi connectivity index (χ1) is 14.9. The highest BCUT2D eigenvalue weighted by molar-refractivity contribution is 7.89. The fraction of sp³-hybridized carbons (Fsp3) is 0.0952. The van der Waals surface area contributed by atoms with Gasteiger partial charge in [0.05, 0.1) is 10.3 Å². The Labute approximate surface area is 183 Å². The summed E-state index contributed by atoms with van der Waals surface area (Å²) in [6.07, 6.45) is 1.70. The molecule has 4 N–H and O–H groups in total. The van der Waals surface area contributed by atoms with E-state index in [-0.39, 0.29) is 17.2 Å². The van der Waals surface area contributed by atoms with Crippen molar-refractivity contribution < 1.29 is 13.2 Å². The van der Waals surface area contributed by atoms with Gasteiger partial charge in [-0.15, -0.1) is 11.3 Å². The number of carbonyl (C=O) groups excluding carboxylic acids is 1. The van der Waals surface area contributed by atoms with Crippen LogP contribution in [-0.4, -0.2) is 30.8 Å². The van der Waals surface area contributed by atoms with Crippen LogP contribution in [0, 0.1) is 0 Å². The molecule has 0 aliphatic rings. The Morgan fingerprint density at radius 3 is 2.48 bits per heavy atom. The molecule has 4 rings (SSSR count). The molecule has 8 nitrogen and oxygen atoms in total. The minimum Gasteiger partial charge on any atom is -0.369 e. The van der Waals surface area contributed by atoms with Gasteiger partial charge >= 0.3 is 0 Å². The molecule has 0 saturated heterocycles. The lowest BCUT2D eigenvalue weighted by molar-refractivity contribution is -0.115. The smallest absolute Gasteiger partial charge is 0.238 e. The molecule has 2 heterocycles. The fourth-order valence-electron chi connectivity index (χ4n) is 3.09. The average Bonchev–Trinajstić information content (AvgIpc) is 3.19. The average molecular weight is 454 g/mol. The Morgan fingerprint density at radius 2 is 1.77 bits per heavy atom. The van der Waals surface area contributed by atoms with Gasteiger partial charge in [0.1, 0.15) is 17.0 Å². The third-order valence-corrected chi connectivity index (χ3v) is 6.38. The highest BCUT2D eigenvalue weighted by atomic mass is 32.2. The summed E-state index contributed by atoms with van der Waals surface area (Å²) < 4.78 is 22.6. The zero-order chi connectivity index (χ0) is 21.8. The van der Waals surface area contributed by atoms with E-state index in [9.17, 15) is 13.2 Å². The molecule has 10 heteroatoms. The van der Waals surface area contributed by atoms with Gasteiger partial charge in [-0.3, -0.25) is 4.79 Å². The second kappa shape index (κ2) is 8.80. The minimum atomic E-state index is -3.76. The highest BCUT2D eigenvalue weighted by Gasteiger charge is 2.13. The molecule has 31 heavy (non-hydrogen) atoms. The van der Waals surface area contributed by atoms with E-state index in [1.54, 1.807) is 11.3 Å². The lowest BCUT2D eigenvalue weighted by Gasteiger charge is -2.09. The van der Waals surface area contributed by atoms with Gasteiger partial charge in [0.25, 0.3) is 0 Å². The third-order valence-electron chi connectivity index (χ3n) is 4.57. The number of benzene rings is 2. The number of primary sulfonamides is 1. The highest BCUT2D eigenvalue weighted by Crippen LogP contribution is 2.36. The predicted octanol–water partition coefficient (Wildman–Crippen LogP) is 3.45. The molecule has 0 aliphatic heterocycles. The standard InChI is InChI=1S/C21H19N5O3S2/c22-31(28,29)16-8-6-15(7-9-16)26-18(27)10-11-23-20-19-17(14-4-2-1-3-5-14)12-30-21(19)25-13-24-20/h1-9,12-13H,10-11H2,(H,26,27)(H2,22,28,29)(H,23,24,25). The Kier molecular flexibility index (Phi) is 5.94. The molecular formula is C21H19N5O3S2. The summed E-state index contributed by atoms with van der Waals surface area (Å²) in [5.41, 5.74) is 2.61. The SMILES string of the molecule is NS(=O)(=O)c1ccc(NC(=O)CCNc2ncnc3scc(-c4ccccc4)c23)cc1. The number of thiophene rings is 1. The third kappa shape index (κ3) is 4.88. The van der Waals surface area contributed by atoms with E-state index < -0.39 is 10.0 Å². The van der Waals surface area contributed by atoms with E-state index in [1.807, 2.05) is 30.3 Å². The van der Waals surface area contributed by atoms with Crippen molar-refractivity contribution in [3.63, 3.8) is 0 Å². The number of aromatic nitrogens is 2. The molecular weight excluding hydrogens is 434 g/mol. The molecule has 4 aromatic rings. The van der Waals surface area contributed by atoms with E-state index in [2.05, 4.69) is 26.0 Å². The summed E-state index contributed by atoms with van der Waals surface area (Å²) in [5.74, 6) is 0.463. The van der Waals surface area contributed by atoms with Crippen LogP contribution in [0.5, 0.6) is 0 Å². The quantitative estimate of drug-likeness (QED) is 0.393. The van der Waals surface area contributed by atoms with E-state index in [1.165, 1.54) is 30.6 Å². The zero-order valence-corrected chi connectivity index (χ0v) is 17.9. The first-order valence-corrected chi connectivity index (χ1v) is 11.8. The van der Waals surface area contributed by atoms with E-state index >= 15 is 0 Å². The van der Waals surface area contributed by atoms with Crippen molar-refractivity contribution in [3.8, 4) is 11.1 Å². The number of anilines is 2. The van der Waals surface area contributed by atoms with Crippen LogP contribution in [0.4, 0.5) is 11.5 Å². The van der Waals surface area contributed by atoms with Crippen LogP contribution in [-0.2, 0) is 14.8 Å². The number of rotatable bonds is 7. The van der Waals surface area contributed by atoms with Crippen molar-refractivity contribution in [1.29, 1.82) is 0 Å². The Hall–Kier alpha value is -3.34. The van der Waals surface area contributed by atoms with E-state index in [0.29, 0.717) is 18.1 Å². The maximum absolute atomic E-state index is 12.3. The van der Waals surface area contributed by atoms with Gasteiger partial charge < -0.3 is 10.6 Å². The predicted molar refractivity (Wildman–Crippen MR) is 122 cm³/mol. The summed E-state index contributed by atoms with van der Waals surface area (Å²) in [6.45, 7) is 0.372. The van der Waals surface area contributed by atoms with E-state index in [4.69, 9.17) is 5.14 Å². The number of amides is 1. The van der Waals surface area contributed by atoms with Crippen LogP contribution in [0.25, 0.3) is 21.3 Å². The molecule has 158 valence electrons. The van der Waals surface area contributed by atoms with E-state index in [0.717, 1.165) is 21.3 Å². The number of sulfonamides is 1. The summed E-state index contributed by atoms with van der Waals surface area (Å²) in [7, 11) is -3.76. The van der Waals surface area contributed by atoms with Gasteiger partial charge in [-0.05, 0) is 29.8 Å². The molecule has 2 aromatic carbocycles. The summed E-state index contributed by atoms with van der Waals surface area (Å²) in [4.78, 5) is 21.8. The fourth-order valence-corrected chi connectivity index (χ4v) is 4.52. The lowest BCUT2D eigenvalue weighted by atomic mass is 10.1. The van der Waals surface area contributed by atoms with Gasteiger partial charge in [0.15, 0.2) is 0 Å². The Bertz CT molecular complexity index is 1320. The van der Waals surface area contributed by atoms with Crippen molar-refractivity contribution in [3.05, 3.63) is 66.3 Å². The first-order valence-electron chi connectivity index (χ1n) is 9.36. The van der Waals surface area contributed by atoms with Crippen LogP contribution in [0.15, 0.2) is 71.2 Å². The van der Waals surface area contributed by atoms with Crippen LogP contribution in [0.3, 0.4) is 0 Å². The van der Waals surface area contributed by atoms with Gasteiger partial charge in [0, 0.05) is 29.6 Å². The molecule has 0 radical (unpaired) electrons. The summed E-state index contributed by atoms with van der Waals surface area (Å²) in [5, 5.41) is 14.0. The van der Waals surface area contributed by atoms with Crippen molar-refractivity contribution in [2.75, 3.05) is 17.2 Å². The number of nitrogens with two attached hydrogens (primary N) is 1. The maximum atomic E-state index is 12.3. The van der Waals surface area contributed by atoms with Gasteiger partial charge in [0.2, 0.25) is 15.9 Å². The first kappa shape index (κ1) is 20.9. The normalized spacial score (nSPS) is 11.4. The Balaban J connectivity index is 1.42.